The van der Waals surface area contributed by atoms with E-state index in [1.807, 2.05) is 24.3 Å². The maximum absolute atomic E-state index is 9.55. The average Bonchev–Trinajstić information content (AvgIpc) is 3.30. The lowest BCUT2D eigenvalue weighted by Crippen LogP contribution is -2.23. The number of ether oxygens (including phenoxy) is 1. The van der Waals surface area contributed by atoms with Crippen LogP contribution in [0.5, 0.6) is 5.75 Å². The molecule has 0 radical (unpaired) electrons. The summed E-state index contributed by atoms with van der Waals surface area (Å²) in [6.07, 6.45) is 2.34. The van der Waals surface area contributed by atoms with Gasteiger partial charge in [0.05, 0.1) is 12.8 Å². The third-order valence-electron chi connectivity index (χ3n) is 4.12. The molecular formula is C20H22N2O6. The van der Waals surface area contributed by atoms with Gasteiger partial charge in [-0.25, -0.2) is 9.59 Å². The fourth-order valence-corrected chi connectivity index (χ4v) is 2.84. The highest BCUT2D eigenvalue weighted by Crippen LogP contribution is 2.25. The molecule has 2 N–H and O–H groups in total. The number of hydrogen-bond donors (Lipinski definition) is 2. The molecule has 2 heterocycles. The zero-order chi connectivity index (χ0) is 20.4. The van der Waals surface area contributed by atoms with Crippen LogP contribution in [0.25, 0.3) is 0 Å². The second-order valence-electron chi connectivity index (χ2n) is 6.12. The Morgan fingerprint density at radius 1 is 1.32 bits per heavy atom. The van der Waals surface area contributed by atoms with Gasteiger partial charge in [-0.15, -0.1) is 0 Å². The molecule has 2 bridgehead atoms. The van der Waals surface area contributed by atoms with Crippen molar-refractivity contribution in [2.24, 2.45) is 11.1 Å². The fourth-order valence-electron chi connectivity index (χ4n) is 2.84. The quantitative estimate of drug-likeness (QED) is 0.341. The van der Waals surface area contributed by atoms with Crippen molar-refractivity contribution in [3.8, 4) is 17.6 Å². The number of oxime groups is 1. The standard InChI is InChI=1S/C16H18N2O2.C4H4O4/c1-19-15-6-2-4-13(10-15)5-3-9-20-17-16-12-18-8-7-14(16)11-18;5-3(6)1-2-4(7)8/h2,4,6,10,14H,7-9,11-12H2,1H3;1-2H,(H,5,6)(H,7,8)/b17-16+;2-1-/t14-;/m0./s1. The van der Waals surface area contributed by atoms with Crippen molar-refractivity contribution in [1.82, 2.24) is 4.90 Å². The lowest BCUT2D eigenvalue weighted by atomic mass is 10.0. The summed E-state index contributed by atoms with van der Waals surface area (Å²) >= 11 is 0. The number of methoxy groups -OCH3 is 1. The van der Waals surface area contributed by atoms with Gasteiger partial charge in [-0.05, 0) is 31.2 Å². The Balaban J connectivity index is 0.000000300. The number of benzene rings is 1. The molecule has 0 amide bonds. The third-order valence-corrected chi connectivity index (χ3v) is 4.12. The molecule has 2 fully saturated rings. The van der Waals surface area contributed by atoms with E-state index in [0.29, 0.717) is 24.7 Å². The van der Waals surface area contributed by atoms with Crippen LogP contribution in [0.2, 0.25) is 0 Å². The minimum absolute atomic E-state index is 0.327. The van der Waals surface area contributed by atoms with E-state index in [2.05, 4.69) is 21.9 Å². The topological polar surface area (TPSA) is 109 Å². The summed E-state index contributed by atoms with van der Waals surface area (Å²) in [4.78, 5) is 26.8. The number of aliphatic carboxylic acids is 2. The predicted molar refractivity (Wildman–Crippen MR) is 102 cm³/mol. The Labute approximate surface area is 163 Å². The molecule has 148 valence electrons. The number of rotatable bonds is 5. The Kier molecular flexibility index (Phi) is 8.06. The van der Waals surface area contributed by atoms with Crippen LogP contribution in [0.15, 0.2) is 41.6 Å². The van der Waals surface area contributed by atoms with Gasteiger partial charge in [0.25, 0.3) is 0 Å². The molecule has 2 saturated heterocycles. The van der Waals surface area contributed by atoms with Crippen LogP contribution in [-0.2, 0) is 14.4 Å². The highest BCUT2D eigenvalue weighted by molar-refractivity contribution is 5.91. The number of carbonyl (C=O) groups is 2. The number of fused-ring (bicyclic) bond motifs is 2. The first-order chi connectivity index (χ1) is 13.5. The van der Waals surface area contributed by atoms with Gasteiger partial charge in [-0.3, -0.25) is 4.90 Å². The molecule has 2 aliphatic rings. The molecule has 1 unspecified atom stereocenters. The highest BCUT2D eigenvalue weighted by Gasteiger charge is 2.35. The monoisotopic (exact) mass is 386 g/mol. The molecule has 0 spiro atoms. The van der Waals surface area contributed by atoms with E-state index in [9.17, 15) is 9.59 Å². The van der Waals surface area contributed by atoms with Crippen molar-refractivity contribution in [1.29, 1.82) is 0 Å². The van der Waals surface area contributed by atoms with E-state index in [1.165, 1.54) is 18.7 Å². The van der Waals surface area contributed by atoms with E-state index < -0.39 is 11.9 Å². The average molecular weight is 386 g/mol. The SMILES string of the molecule is COc1cccc(C#CCO/N=C2\CN3CC[C@H]2C3)c1.O=C(O)/C=C\C(=O)O. The van der Waals surface area contributed by atoms with Gasteiger partial charge in [-0.1, -0.05) is 23.1 Å². The maximum Gasteiger partial charge on any atom is 0.328 e. The fraction of sp³-hybridized carbons (Fsp3) is 0.350. The van der Waals surface area contributed by atoms with Gasteiger partial charge in [0.1, 0.15) is 5.75 Å². The van der Waals surface area contributed by atoms with Crippen molar-refractivity contribution in [2.75, 3.05) is 33.4 Å². The van der Waals surface area contributed by atoms with Crippen LogP contribution < -0.4 is 4.74 Å². The molecule has 2 atom stereocenters. The summed E-state index contributed by atoms with van der Waals surface area (Å²) in [6.45, 7) is 3.65. The van der Waals surface area contributed by atoms with E-state index in [4.69, 9.17) is 19.8 Å². The van der Waals surface area contributed by atoms with Crippen molar-refractivity contribution in [3.05, 3.63) is 42.0 Å². The minimum atomic E-state index is -1.26. The van der Waals surface area contributed by atoms with Crippen LogP contribution in [0.3, 0.4) is 0 Å². The summed E-state index contributed by atoms with van der Waals surface area (Å²) in [7, 11) is 1.65. The Morgan fingerprint density at radius 3 is 2.64 bits per heavy atom. The van der Waals surface area contributed by atoms with E-state index in [0.717, 1.165) is 24.4 Å². The van der Waals surface area contributed by atoms with Gasteiger partial charge >= 0.3 is 11.9 Å². The lowest BCUT2D eigenvalue weighted by molar-refractivity contribution is -0.134. The van der Waals surface area contributed by atoms with Crippen LogP contribution >= 0.6 is 0 Å². The molecule has 0 aromatic heterocycles. The predicted octanol–water partition coefficient (Wildman–Crippen LogP) is 1.47. The summed E-state index contributed by atoms with van der Waals surface area (Å²) in [5.74, 6) is 4.93. The van der Waals surface area contributed by atoms with Crippen LogP contribution in [0.4, 0.5) is 0 Å². The van der Waals surface area contributed by atoms with Gasteiger partial charge in [-0.2, -0.15) is 0 Å². The minimum Gasteiger partial charge on any atom is -0.497 e. The van der Waals surface area contributed by atoms with E-state index in [1.54, 1.807) is 7.11 Å². The van der Waals surface area contributed by atoms with Gasteiger partial charge in [0, 0.05) is 36.7 Å². The molecule has 0 aliphatic carbocycles. The Hall–Kier alpha value is -3.31. The first-order valence-electron chi connectivity index (χ1n) is 8.66. The summed E-state index contributed by atoms with van der Waals surface area (Å²) in [5, 5.41) is 19.8. The Bertz CT molecular complexity index is 805. The largest absolute Gasteiger partial charge is 0.497 e. The molecule has 0 saturated carbocycles. The number of carboxylic acid groups (broad SMARTS) is 2. The van der Waals surface area contributed by atoms with Crippen molar-refractivity contribution < 1.29 is 29.4 Å². The molecule has 3 rings (SSSR count). The summed E-state index contributed by atoms with van der Waals surface area (Å²) in [6, 6.07) is 7.68. The third kappa shape index (κ3) is 7.13. The summed E-state index contributed by atoms with van der Waals surface area (Å²) < 4.78 is 5.15. The lowest BCUT2D eigenvalue weighted by Gasteiger charge is -2.12. The maximum atomic E-state index is 9.55. The highest BCUT2D eigenvalue weighted by atomic mass is 16.6. The second kappa shape index (κ2) is 10.7. The zero-order valence-corrected chi connectivity index (χ0v) is 15.5. The van der Waals surface area contributed by atoms with Crippen LogP contribution in [0, 0.1) is 17.8 Å². The summed E-state index contributed by atoms with van der Waals surface area (Å²) in [5.41, 5.74) is 2.10. The Morgan fingerprint density at radius 2 is 2.07 bits per heavy atom. The normalized spacial score (nSPS) is 20.8. The molecule has 28 heavy (non-hydrogen) atoms. The van der Waals surface area contributed by atoms with Crippen LogP contribution in [0.1, 0.15) is 12.0 Å². The first kappa shape index (κ1) is 21.0. The molecular weight excluding hydrogens is 364 g/mol. The van der Waals surface area contributed by atoms with Crippen molar-refractivity contribution in [3.63, 3.8) is 0 Å². The van der Waals surface area contributed by atoms with Crippen molar-refractivity contribution in [2.45, 2.75) is 6.42 Å². The number of carboxylic acids is 2. The van der Waals surface area contributed by atoms with Gasteiger partial charge in [0.2, 0.25) is 0 Å². The molecule has 8 heteroatoms. The zero-order valence-electron chi connectivity index (χ0n) is 15.5. The second-order valence-corrected chi connectivity index (χ2v) is 6.12. The molecule has 1 aromatic carbocycles. The number of hydrogen-bond acceptors (Lipinski definition) is 6. The van der Waals surface area contributed by atoms with Gasteiger partial charge in [0.15, 0.2) is 6.61 Å². The smallest absolute Gasteiger partial charge is 0.328 e. The molecule has 1 aromatic rings. The first-order valence-corrected chi connectivity index (χ1v) is 8.66. The van der Waals surface area contributed by atoms with Gasteiger partial charge < -0.3 is 19.8 Å². The number of nitrogens with zero attached hydrogens (tertiary/aromatic N) is 2. The molecule has 8 nitrogen and oxygen atoms in total. The molecule has 2 aliphatic heterocycles. The van der Waals surface area contributed by atoms with Crippen LogP contribution in [-0.4, -0.2) is 66.1 Å². The van der Waals surface area contributed by atoms with E-state index >= 15 is 0 Å². The number of piperidine rings is 1. The van der Waals surface area contributed by atoms with Crippen molar-refractivity contribution >= 4 is 17.7 Å². The van der Waals surface area contributed by atoms with E-state index in [-0.39, 0.29) is 0 Å².